The maximum atomic E-state index is 11.7. The third-order valence-electron chi connectivity index (χ3n) is 3.10. The van der Waals surface area contributed by atoms with Crippen molar-refractivity contribution in [1.82, 2.24) is 0 Å². The van der Waals surface area contributed by atoms with Crippen LogP contribution in [0.25, 0.3) is 0 Å². The number of imide groups is 1. The number of rotatable bonds is 4. The maximum absolute atomic E-state index is 11.7. The van der Waals surface area contributed by atoms with Gasteiger partial charge in [-0.3, -0.25) is 19.3 Å². The van der Waals surface area contributed by atoms with Crippen molar-refractivity contribution < 1.29 is 23.9 Å². The first-order chi connectivity index (χ1) is 9.90. The van der Waals surface area contributed by atoms with Crippen molar-refractivity contribution in [2.45, 2.75) is 25.9 Å². The molecule has 0 spiro atoms. The van der Waals surface area contributed by atoms with Crippen LogP contribution >= 0.6 is 0 Å². The van der Waals surface area contributed by atoms with Gasteiger partial charge in [-0.05, 0) is 31.2 Å². The standard InChI is InChI=1S/C14H14N2O5/c1-8(13(15)19)21-14(20)9-2-4-10(5-3-9)16-11(17)6-7-12(16)18/h2-5,8H,6-7H2,1H3,(H2,15,19)/t8-/m0/s1. The Morgan fingerprint density at radius 2 is 1.67 bits per heavy atom. The van der Waals surface area contributed by atoms with E-state index in [1.807, 2.05) is 0 Å². The van der Waals surface area contributed by atoms with Crippen molar-refractivity contribution in [3.05, 3.63) is 29.8 Å². The number of amides is 3. The van der Waals surface area contributed by atoms with Gasteiger partial charge in [-0.1, -0.05) is 0 Å². The van der Waals surface area contributed by atoms with Crippen LogP contribution in [0.3, 0.4) is 0 Å². The van der Waals surface area contributed by atoms with Crippen LogP contribution in [0.5, 0.6) is 0 Å². The molecule has 0 radical (unpaired) electrons. The number of esters is 1. The Bertz CT molecular complexity index is 592. The molecule has 2 rings (SSSR count). The number of anilines is 1. The minimum Gasteiger partial charge on any atom is -0.449 e. The molecule has 1 aliphatic rings. The van der Waals surface area contributed by atoms with Crippen molar-refractivity contribution in [3.8, 4) is 0 Å². The molecule has 0 unspecified atom stereocenters. The Labute approximate surface area is 120 Å². The van der Waals surface area contributed by atoms with E-state index in [-0.39, 0.29) is 30.2 Å². The monoisotopic (exact) mass is 290 g/mol. The molecule has 1 aliphatic heterocycles. The minimum atomic E-state index is -1.03. The lowest BCUT2D eigenvalue weighted by Gasteiger charge is -2.14. The normalized spacial score (nSPS) is 16.0. The molecule has 1 aromatic rings. The van der Waals surface area contributed by atoms with Gasteiger partial charge in [0.2, 0.25) is 11.8 Å². The summed E-state index contributed by atoms with van der Waals surface area (Å²) in [5.74, 6) is -1.98. The van der Waals surface area contributed by atoms with Gasteiger partial charge in [0.1, 0.15) is 0 Å². The van der Waals surface area contributed by atoms with Crippen LogP contribution in [0.1, 0.15) is 30.1 Å². The molecule has 1 heterocycles. The van der Waals surface area contributed by atoms with E-state index in [0.717, 1.165) is 4.90 Å². The molecule has 0 bridgehead atoms. The summed E-state index contributed by atoms with van der Waals surface area (Å²) in [5.41, 5.74) is 5.61. The summed E-state index contributed by atoms with van der Waals surface area (Å²) in [6, 6.07) is 5.80. The van der Waals surface area contributed by atoms with Gasteiger partial charge in [-0.2, -0.15) is 0 Å². The zero-order valence-corrected chi connectivity index (χ0v) is 11.4. The number of ether oxygens (including phenoxy) is 1. The average molecular weight is 290 g/mol. The van der Waals surface area contributed by atoms with Crippen LogP contribution in [-0.2, 0) is 19.1 Å². The highest BCUT2D eigenvalue weighted by Crippen LogP contribution is 2.23. The molecule has 110 valence electrons. The summed E-state index contributed by atoms with van der Waals surface area (Å²) in [6.07, 6.45) is -0.642. The quantitative estimate of drug-likeness (QED) is 0.637. The number of carbonyl (C=O) groups is 4. The molecule has 0 aliphatic carbocycles. The van der Waals surface area contributed by atoms with Crippen molar-refractivity contribution in [1.29, 1.82) is 0 Å². The molecule has 1 saturated heterocycles. The van der Waals surface area contributed by atoms with Gasteiger partial charge in [0, 0.05) is 12.8 Å². The van der Waals surface area contributed by atoms with Crippen molar-refractivity contribution >= 4 is 29.4 Å². The van der Waals surface area contributed by atoms with Gasteiger partial charge in [0.15, 0.2) is 6.10 Å². The molecule has 3 amide bonds. The van der Waals surface area contributed by atoms with Gasteiger partial charge < -0.3 is 10.5 Å². The second-order valence-corrected chi connectivity index (χ2v) is 4.62. The molecule has 7 heteroatoms. The first-order valence-corrected chi connectivity index (χ1v) is 6.36. The number of nitrogens with two attached hydrogens (primary N) is 1. The van der Waals surface area contributed by atoms with Gasteiger partial charge in [-0.15, -0.1) is 0 Å². The van der Waals surface area contributed by atoms with E-state index in [0.29, 0.717) is 5.69 Å². The van der Waals surface area contributed by atoms with Crippen molar-refractivity contribution in [2.24, 2.45) is 5.73 Å². The van der Waals surface area contributed by atoms with E-state index < -0.39 is 18.0 Å². The second kappa shape index (κ2) is 5.74. The lowest BCUT2D eigenvalue weighted by atomic mass is 10.2. The number of hydrogen-bond acceptors (Lipinski definition) is 5. The number of carbonyl (C=O) groups excluding carboxylic acids is 4. The molecule has 21 heavy (non-hydrogen) atoms. The molecule has 0 saturated carbocycles. The van der Waals surface area contributed by atoms with E-state index >= 15 is 0 Å². The minimum absolute atomic E-state index is 0.193. The third-order valence-corrected chi connectivity index (χ3v) is 3.10. The fourth-order valence-corrected chi connectivity index (χ4v) is 1.90. The molecule has 0 aromatic heterocycles. The van der Waals surface area contributed by atoms with Crippen LogP contribution in [0.2, 0.25) is 0 Å². The van der Waals surface area contributed by atoms with Crippen molar-refractivity contribution in [2.75, 3.05) is 4.90 Å². The van der Waals surface area contributed by atoms with Crippen LogP contribution in [-0.4, -0.2) is 29.8 Å². The Hall–Kier alpha value is -2.70. The van der Waals surface area contributed by atoms with E-state index in [4.69, 9.17) is 10.5 Å². The summed E-state index contributed by atoms with van der Waals surface area (Å²) in [5, 5.41) is 0. The topological polar surface area (TPSA) is 107 Å². The van der Waals surface area contributed by atoms with Gasteiger partial charge in [-0.25, -0.2) is 4.79 Å². The van der Waals surface area contributed by atoms with Gasteiger partial charge >= 0.3 is 5.97 Å². The van der Waals surface area contributed by atoms with Crippen LogP contribution in [0, 0.1) is 0 Å². The molecular weight excluding hydrogens is 276 g/mol. The first kappa shape index (κ1) is 14.7. The predicted octanol–water partition coefficient (Wildman–Crippen LogP) is 0.371. The molecule has 1 atom stereocenters. The largest absolute Gasteiger partial charge is 0.449 e. The highest BCUT2D eigenvalue weighted by atomic mass is 16.5. The maximum Gasteiger partial charge on any atom is 0.338 e. The summed E-state index contributed by atoms with van der Waals surface area (Å²) >= 11 is 0. The number of hydrogen-bond donors (Lipinski definition) is 1. The second-order valence-electron chi connectivity index (χ2n) is 4.62. The van der Waals surface area contributed by atoms with E-state index in [1.165, 1.54) is 31.2 Å². The van der Waals surface area contributed by atoms with Crippen molar-refractivity contribution in [3.63, 3.8) is 0 Å². The number of benzene rings is 1. The third kappa shape index (κ3) is 3.07. The molecule has 7 nitrogen and oxygen atoms in total. The van der Waals surface area contributed by atoms with E-state index in [1.54, 1.807) is 0 Å². The Balaban J connectivity index is 2.12. The molecule has 1 aromatic carbocycles. The highest BCUT2D eigenvalue weighted by Gasteiger charge is 2.30. The van der Waals surface area contributed by atoms with Gasteiger partial charge in [0.05, 0.1) is 11.3 Å². The SMILES string of the molecule is C[C@H](OC(=O)c1ccc(N2C(=O)CCC2=O)cc1)C(N)=O. The molecular formula is C14H14N2O5. The summed E-state index contributed by atoms with van der Waals surface area (Å²) in [4.78, 5) is 46.8. The summed E-state index contributed by atoms with van der Waals surface area (Å²) in [6.45, 7) is 1.37. The first-order valence-electron chi connectivity index (χ1n) is 6.36. The fourth-order valence-electron chi connectivity index (χ4n) is 1.90. The highest BCUT2D eigenvalue weighted by molar-refractivity contribution is 6.19. The van der Waals surface area contributed by atoms with Crippen LogP contribution < -0.4 is 10.6 Å². The summed E-state index contributed by atoms with van der Waals surface area (Å²) in [7, 11) is 0. The lowest BCUT2D eigenvalue weighted by molar-refractivity contribution is -0.125. The zero-order chi connectivity index (χ0) is 15.6. The van der Waals surface area contributed by atoms with E-state index in [9.17, 15) is 19.2 Å². The average Bonchev–Trinajstić information content (AvgIpc) is 2.78. The van der Waals surface area contributed by atoms with Crippen LogP contribution in [0.4, 0.5) is 5.69 Å². The number of primary amides is 1. The van der Waals surface area contributed by atoms with Crippen LogP contribution in [0.15, 0.2) is 24.3 Å². The Morgan fingerprint density at radius 1 is 1.14 bits per heavy atom. The Kier molecular flexibility index (Phi) is 4.02. The molecule has 2 N–H and O–H groups in total. The fraction of sp³-hybridized carbons (Fsp3) is 0.286. The number of nitrogens with zero attached hydrogens (tertiary/aromatic N) is 1. The summed E-state index contributed by atoms with van der Waals surface area (Å²) < 4.78 is 4.84. The smallest absolute Gasteiger partial charge is 0.338 e. The van der Waals surface area contributed by atoms with E-state index in [2.05, 4.69) is 0 Å². The Morgan fingerprint density at radius 3 is 2.14 bits per heavy atom. The molecule has 1 fully saturated rings. The zero-order valence-electron chi connectivity index (χ0n) is 11.4. The predicted molar refractivity (Wildman–Crippen MR) is 72.2 cm³/mol. The van der Waals surface area contributed by atoms with Gasteiger partial charge in [0.25, 0.3) is 5.91 Å². The lowest BCUT2D eigenvalue weighted by Crippen LogP contribution is -2.30.